The van der Waals surface area contributed by atoms with E-state index in [-0.39, 0.29) is 40.4 Å². The number of ether oxygens (including phenoxy) is 1. The van der Waals surface area contributed by atoms with Gasteiger partial charge in [0.2, 0.25) is 0 Å². The number of aryl methyl sites for hydroxylation is 2. The first-order valence-corrected chi connectivity index (χ1v) is 17.9. The topological polar surface area (TPSA) is 180 Å². The summed E-state index contributed by atoms with van der Waals surface area (Å²) in [7, 11) is -1.25. The summed E-state index contributed by atoms with van der Waals surface area (Å²) in [6.07, 6.45) is 1.49. The van der Waals surface area contributed by atoms with Crippen LogP contribution in [0.2, 0.25) is 0 Å². The predicted molar refractivity (Wildman–Crippen MR) is 191 cm³/mol. The fraction of sp³-hybridized carbons (Fsp3) is 0.278. The maximum Gasteiger partial charge on any atom is 0.337 e. The van der Waals surface area contributed by atoms with Gasteiger partial charge in [-0.25, -0.2) is 36.3 Å². The lowest BCUT2D eigenvalue weighted by Gasteiger charge is -2.20. The number of aromatic nitrogens is 4. The number of anilines is 1. The van der Waals surface area contributed by atoms with Gasteiger partial charge in [-0.1, -0.05) is 31.2 Å². The second-order valence-corrected chi connectivity index (χ2v) is 14.2. The van der Waals surface area contributed by atoms with Gasteiger partial charge in [0.15, 0.2) is 16.9 Å². The lowest BCUT2D eigenvalue weighted by molar-refractivity contribution is -0.149. The van der Waals surface area contributed by atoms with E-state index in [9.17, 15) is 32.4 Å². The molecule has 0 spiro atoms. The SMILES string of the molecule is CCCC(=O)c1ccc(S(=O)(=O)Nc2cc(F)c(C(=O)N[C@@H](Cc3ccc(-n4c(=O)c5c(ncn5C)n(C)c4=O)cc3)C(=O)OC(C)C)c(F)c2)cc1. The van der Waals surface area contributed by atoms with Crippen LogP contribution in [0, 0.1) is 11.6 Å². The summed E-state index contributed by atoms with van der Waals surface area (Å²) in [6, 6.07) is 10.8. The molecular weight excluding hydrogens is 714 g/mol. The molecule has 1 atom stereocenters. The van der Waals surface area contributed by atoms with Gasteiger partial charge in [-0.05, 0) is 62.2 Å². The average Bonchev–Trinajstić information content (AvgIpc) is 3.48. The number of carbonyl (C=O) groups excluding carboxylic acids is 3. The van der Waals surface area contributed by atoms with Crippen molar-refractivity contribution in [1.82, 2.24) is 24.0 Å². The Morgan fingerprint density at radius 2 is 1.57 bits per heavy atom. The second-order valence-electron chi connectivity index (χ2n) is 12.5. The number of Topliss-reactive ketones (excluding diaryl/α,β-unsaturated/α-hetero) is 1. The first kappa shape index (κ1) is 38.3. The number of halogens is 2. The number of hydrogen-bond acceptors (Lipinski definition) is 9. The van der Waals surface area contributed by atoms with Crippen LogP contribution in [0.3, 0.4) is 0 Å². The van der Waals surface area contributed by atoms with Crippen molar-refractivity contribution in [2.75, 3.05) is 4.72 Å². The molecule has 0 bridgehead atoms. The minimum Gasteiger partial charge on any atom is -0.461 e. The molecule has 53 heavy (non-hydrogen) atoms. The Morgan fingerprint density at radius 3 is 2.15 bits per heavy atom. The Bertz CT molecular complexity index is 2430. The van der Waals surface area contributed by atoms with E-state index in [1.807, 2.05) is 6.92 Å². The molecule has 2 aromatic heterocycles. The molecule has 14 nitrogen and oxygen atoms in total. The standard InChI is InChI=1S/C36H36F2N6O8S/c1-6-7-29(45)22-10-14-25(15-11-22)53(50,51)41-23-17-26(37)30(27(38)18-23)33(46)40-28(35(48)52-20(2)3)16-21-8-12-24(13-9-21)44-34(47)31-32(39-19-42(31)4)43(5)36(44)49/h8-15,17-20,28,41H,6-7,16H2,1-5H3,(H,40,46)/t28-/m0/s1. The molecule has 0 saturated heterocycles. The van der Waals surface area contributed by atoms with Gasteiger partial charge >= 0.3 is 11.7 Å². The maximum atomic E-state index is 15.3. The van der Waals surface area contributed by atoms with Gasteiger partial charge in [0.25, 0.3) is 21.5 Å². The van der Waals surface area contributed by atoms with E-state index >= 15 is 8.78 Å². The number of nitrogens with one attached hydrogen (secondary N) is 2. The van der Waals surface area contributed by atoms with Crippen LogP contribution in [-0.2, 0) is 40.1 Å². The summed E-state index contributed by atoms with van der Waals surface area (Å²) in [4.78, 5) is 68.5. The fourth-order valence-electron chi connectivity index (χ4n) is 5.58. The van der Waals surface area contributed by atoms with Crippen molar-refractivity contribution in [3.8, 4) is 5.69 Å². The summed E-state index contributed by atoms with van der Waals surface area (Å²) < 4.78 is 67.5. The molecule has 0 aliphatic rings. The molecular formula is C36H36F2N6O8S. The number of sulfonamides is 1. The molecule has 0 saturated carbocycles. The molecule has 0 aliphatic heterocycles. The Balaban J connectivity index is 1.36. The largest absolute Gasteiger partial charge is 0.461 e. The first-order chi connectivity index (χ1) is 25.0. The number of rotatable bonds is 13. The number of fused-ring (bicyclic) bond motifs is 1. The second kappa shape index (κ2) is 15.3. The Kier molecular flexibility index (Phi) is 11.1. The van der Waals surface area contributed by atoms with Crippen molar-refractivity contribution < 1.29 is 36.3 Å². The molecule has 0 fully saturated rings. The van der Waals surface area contributed by atoms with E-state index in [0.29, 0.717) is 29.7 Å². The molecule has 2 N–H and O–H groups in total. The summed E-state index contributed by atoms with van der Waals surface area (Å²) in [6.45, 7) is 4.97. The number of benzene rings is 3. The van der Waals surface area contributed by atoms with Crippen LogP contribution >= 0.6 is 0 Å². The van der Waals surface area contributed by atoms with E-state index in [4.69, 9.17) is 4.74 Å². The first-order valence-electron chi connectivity index (χ1n) is 16.4. The Morgan fingerprint density at radius 1 is 0.943 bits per heavy atom. The van der Waals surface area contributed by atoms with E-state index in [1.54, 1.807) is 20.9 Å². The quantitative estimate of drug-likeness (QED) is 0.134. The van der Waals surface area contributed by atoms with Crippen molar-refractivity contribution >= 4 is 44.5 Å². The van der Waals surface area contributed by atoms with E-state index in [1.165, 1.54) is 71.0 Å². The van der Waals surface area contributed by atoms with Gasteiger partial charge in [0.05, 0.1) is 28.7 Å². The minimum atomic E-state index is -4.35. The number of amides is 1. The highest BCUT2D eigenvalue weighted by Crippen LogP contribution is 2.23. The normalized spacial score (nSPS) is 12.2. The average molecular weight is 751 g/mol. The molecule has 278 valence electrons. The molecule has 17 heteroatoms. The summed E-state index contributed by atoms with van der Waals surface area (Å²) in [5, 5.41) is 2.30. The zero-order valence-electron chi connectivity index (χ0n) is 29.3. The number of ketones is 1. The summed E-state index contributed by atoms with van der Waals surface area (Å²) in [5.74, 6) is -5.22. The highest BCUT2D eigenvalue weighted by molar-refractivity contribution is 7.92. The van der Waals surface area contributed by atoms with Crippen LogP contribution in [0.25, 0.3) is 16.9 Å². The van der Waals surface area contributed by atoms with E-state index in [0.717, 1.165) is 4.57 Å². The third-order valence-electron chi connectivity index (χ3n) is 8.18. The monoisotopic (exact) mass is 750 g/mol. The van der Waals surface area contributed by atoms with Crippen LogP contribution in [0.5, 0.6) is 0 Å². The minimum absolute atomic E-state index is 0.165. The fourth-order valence-corrected chi connectivity index (χ4v) is 6.62. The molecule has 0 aliphatic carbocycles. The van der Waals surface area contributed by atoms with Gasteiger partial charge < -0.3 is 14.6 Å². The summed E-state index contributed by atoms with van der Waals surface area (Å²) >= 11 is 0. The number of imidazole rings is 1. The predicted octanol–water partition coefficient (Wildman–Crippen LogP) is 3.78. The lowest BCUT2D eigenvalue weighted by Crippen LogP contribution is -2.44. The van der Waals surface area contributed by atoms with Gasteiger partial charge in [0, 0.05) is 32.5 Å². The molecule has 0 unspecified atom stereocenters. The van der Waals surface area contributed by atoms with Crippen LogP contribution < -0.4 is 21.3 Å². The van der Waals surface area contributed by atoms with Crippen molar-refractivity contribution in [2.45, 2.75) is 57.1 Å². The van der Waals surface area contributed by atoms with Gasteiger partial charge in [0.1, 0.15) is 23.2 Å². The third kappa shape index (κ3) is 8.09. The highest BCUT2D eigenvalue weighted by atomic mass is 32.2. The maximum absolute atomic E-state index is 15.3. The number of carbonyl (C=O) groups is 3. The third-order valence-corrected chi connectivity index (χ3v) is 9.58. The molecule has 5 aromatic rings. The molecule has 1 amide bonds. The zero-order valence-corrected chi connectivity index (χ0v) is 30.2. The Hall–Kier alpha value is -5.97. The number of hydrogen-bond donors (Lipinski definition) is 2. The van der Waals surface area contributed by atoms with Crippen molar-refractivity contribution in [2.24, 2.45) is 14.1 Å². The van der Waals surface area contributed by atoms with Crippen LogP contribution in [0.1, 0.15) is 59.9 Å². The molecule has 2 heterocycles. The van der Waals surface area contributed by atoms with Crippen LogP contribution in [0.15, 0.2) is 81.5 Å². The molecule has 5 rings (SSSR count). The summed E-state index contributed by atoms with van der Waals surface area (Å²) in [5.41, 5.74) is -1.47. The highest BCUT2D eigenvalue weighted by Gasteiger charge is 2.28. The van der Waals surface area contributed by atoms with Crippen molar-refractivity contribution in [3.05, 3.63) is 116 Å². The van der Waals surface area contributed by atoms with E-state index in [2.05, 4.69) is 15.0 Å². The van der Waals surface area contributed by atoms with Gasteiger partial charge in [-0.2, -0.15) is 0 Å². The Labute approximate surface area is 302 Å². The van der Waals surface area contributed by atoms with Gasteiger partial charge in [-0.3, -0.25) is 23.7 Å². The van der Waals surface area contributed by atoms with Crippen molar-refractivity contribution in [1.29, 1.82) is 0 Å². The zero-order chi connectivity index (χ0) is 38.8. The van der Waals surface area contributed by atoms with E-state index < -0.39 is 68.2 Å². The smallest absolute Gasteiger partial charge is 0.337 e. The molecule has 3 aromatic carbocycles. The number of nitrogens with zero attached hydrogens (tertiary/aromatic N) is 4. The van der Waals surface area contributed by atoms with Crippen molar-refractivity contribution in [3.63, 3.8) is 0 Å². The number of esters is 1. The van der Waals surface area contributed by atoms with Crippen LogP contribution in [0.4, 0.5) is 14.5 Å². The molecule has 0 radical (unpaired) electrons. The lowest BCUT2D eigenvalue weighted by atomic mass is 10.0. The van der Waals surface area contributed by atoms with Gasteiger partial charge in [-0.15, -0.1) is 0 Å². The van der Waals surface area contributed by atoms with Crippen LogP contribution in [-0.4, -0.2) is 56.9 Å².